The van der Waals surface area contributed by atoms with Gasteiger partial charge in [0.15, 0.2) is 0 Å². The summed E-state index contributed by atoms with van der Waals surface area (Å²) in [6.45, 7) is 1.95. The van der Waals surface area contributed by atoms with Crippen molar-refractivity contribution >= 4 is 5.97 Å². The lowest BCUT2D eigenvalue weighted by Crippen LogP contribution is -2.33. The van der Waals surface area contributed by atoms with Crippen LogP contribution in [0.1, 0.15) is 32.6 Å². The number of esters is 1. The molecule has 5 heteroatoms. The number of carbonyl (C=O) groups is 1. The second-order valence-corrected chi connectivity index (χ2v) is 4.35. The molecule has 0 unspecified atom stereocenters. The third-order valence-corrected chi connectivity index (χ3v) is 2.71. The quantitative estimate of drug-likeness (QED) is 0.475. The molecular formula is C12H20O5. The summed E-state index contributed by atoms with van der Waals surface area (Å²) in [6, 6.07) is 0. The van der Waals surface area contributed by atoms with Crippen LogP contribution in [0.25, 0.3) is 0 Å². The maximum Gasteiger partial charge on any atom is 0.309 e. The Morgan fingerprint density at radius 1 is 1.35 bits per heavy atom. The van der Waals surface area contributed by atoms with E-state index in [0.717, 1.165) is 6.42 Å². The van der Waals surface area contributed by atoms with E-state index >= 15 is 0 Å². The lowest BCUT2D eigenvalue weighted by atomic mass is 10.0. The predicted molar refractivity (Wildman–Crippen MR) is 61.2 cm³/mol. The van der Waals surface area contributed by atoms with Gasteiger partial charge in [-0.05, 0) is 6.42 Å². The first-order chi connectivity index (χ1) is 8.02. The van der Waals surface area contributed by atoms with Gasteiger partial charge in [-0.15, -0.1) is 0 Å². The van der Waals surface area contributed by atoms with Crippen LogP contribution in [0.15, 0.2) is 12.2 Å². The second kappa shape index (κ2) is 6.74. The van der Waals surface area contributed by atoms with Crippen LogP contribution in [-0.4, -0.2) is 45.7 Å². The van der Waals surface area contributed by atoms with Gasteiger partial charge in [0.2, 0.25) is 0 Å². The van der Waals surface area contributed by atoms with Crippen molar-refractivity contribution in [2.45, 2.75) is 57.0 Å². The monoisotopic (exact) mass is 244 g/mol. The van der Waals surface area contributed by atoms with Crippen LogP contribution in [0.2, 0.25) is 0 Å². The Labute approximate surface area is 101 Å². The Hall–Kier alpha value is -0.910. The van der Waals surface area contributed by atoms with Crippen molar-refractivity contribution in [2.75, 3.05) is 0 Å². The van der Waals surface area contributed by atoms with Crippen LogP contribution in [0.4, 0.5) is 0 Å². The van der Waals surface area contributed by atoms with Gasteiger partial charge in [0.25, 0.3) is 0 Å². The predicted octanol–water partition coefficient (Wildman–Crippen LogP) is 0.131. The molecule has 3 N–H and O–H groups in total. The molecule has 0 amide bonds. The molecule has 0 aromatic heterocycles. The smallest absolute Gasteiger partial charge is 0.309 e. The first-order valence-electron chi connectivity index (χ1n) is 5.95. The number of ether oxygens (including phenoxy) is 1. The van der Waals surface area contributed by atoms with Gasteiger partial charge in [-0.25, -0.2) is 0 Å². The zero-order valence-electron chi connectivity index (χ0n) is 9.95. The van der Waals surface area contributed by atoms with E-state index in [0.29, 0.717) is 6.42 Å². The van der Waals surface area contributed by atoms with Crippen molar-refractivity contribution in [1.29, 1.82) is 0 Å². The van der Waals surface area contributed by atoms with E-state index in [1.54, 1.807) is 0 Å². The van der Waals surface area contributed by atoms with E-state index in [2.05, 4.69) is 0 Å². The number of cyclic esters (lactones) is 1. The van der Waals surface area contributed by atoms with Crippen molar-refractivity contribution in [1.82, 2.24) is 0 Å². The van der Waals surface area contributed by atoms with Crippen molar-refractivity contribution in [3.63, 3.8) is 0 Å². The van der Waals surface area contributed by atoms with Crippen LogP contribution >= 0.6 is 0 Å². The van der Waals surface area contributed by atoms with E-state index in [-0.39, 0.29) is 12.8 Å². The zero-order valence-corrected chi connectivity index (χ0v) is 9.95. The van der Waals surface area contributed by atoms with Crippen molar-refractivity contribution in [3.8, 4) is 0 Å². The van der Waals surface area contributed by atoms with Crippen LogP contribution in [0, 0.1) is 0 Å². The normalized spacial score (nSPS) is 37.3. The molecule has 0 saturated heterocycles. The van der Waals surface area contributed by atoms with Gasteiger partial charge in [0, 0.05) is 6.42 Å². The van der Waals surface area contributed by atoms with E-state index in [9.17, 15) is 20.1 Å². The molecule has 1 aliphatic rings. The third-order valence-electron chi connectivity index (χ3n) is 2.71. The maximum atomic E-state index is 11.4. The number of aliphatic hydroxyl groups excluding tert-OH is 3. The number of hydrogen-bond acceptors (Lipinski definition) is 5. The molecule has 4 atom stereocenters. The van der Waals surface area contributed by atoms with Crippen LogP contribution in [-0.2, 0) is 9.53 Å². The molecule has 5 nitrogen and oxygen atoms in total. The van der Waals surface area contributed by atoms with E-state index < -0.39 is 30.4 Å². The minimum absolute atomic E-state index is 0.125. The van der Waals surface area contributed by atoms with Gasteiger partial charge >= 0.3 is 5.97 Å². The number of rotatable bonds is 2. The molecule has 1 heterocycles. The van der Waals surface area contributed by atoms with Gasteiger partial charge in [0.05, 0.1) is 24.7 Å². The topological polar surface area (TPSA) is 87.0 Å². The van der Waals surface area contributed by atoms with Crippen molar-refractivity contribution < 1.29 is 24.9 Å². The first kappa shape index (κ1) is 14.2. The van der Waals surface area contributed by atoms with Crippen LogP contribution in [0.3, 0.4) is 0 Å². The lowest BCUT2D eigenvalue weighted by molar-refractivity contribution is -0.153. The minimum atomic E-state index is -1.04. The van der Waals surface area contributed by atoms with Crippen molar-refractivity contribution in [2.24, 2.45) is 0 Å². The fraction of sp³-hybridized carbons (Fsp3) is 0.750. The Bertz CT molecular complexity index is 276. The molecule has 0 radical (unpaired) electrons. The summed E-state index contributed by atoms with van der Waals surface area (Å²) < 4.78 is 5.15. The van der Waals surface area contributed by atoms with Crippen LogP contribution < -0.4 is 0 Å². The summed E-state index contributed by atoms with van der Waals surface area (Å²) in [5.74, 6) is -0.482. The van der Waals surface area contributed by atoms with Gasteiger partial charge in [-0.2, -0.15) is 0 Å². The molecule has 0 aromatic carbocycles. The Morgan fingerprint density at radius 2 is 2.06 bits per heavy atom. The van der Waals surface area contributed by atoms with E-state index in [1.807, 2.05) is 6.92 Å². The highest BCUT2D eigenvalue weighted by Crippen LogP contribution is 2.16. The summed E-state index contributed by atoms with van der Waals surface area (Å²) in [6.07, 6.45) is 0.740. The lowest BCUT2D eigenvalue weighted by Gasteiger charge is -2.24. The first-order valence-corrected chi connectivity index (χ1v) is 5.95. The van der Waals surface area contributed by atoms with E-state index in [4.69, 9.17) is 4.74 Å². The fourth-order valence-electron chi connectivity index (χ4n) is 1.80. The molecule has 1 aliphatic heterocycles. The summed E-state index contributed by atoms with van der Waals surface area (Å²) in [7, 11) is 0. The summed E-state index contributed by atoms with van der Waals surface area (Å²) in [5.41, 5.74) is 0. The molecule has 0 fully saturated rings. The SMILES string of the molecule is CCC[C@@H]1C[C@H](O)[C@@H](O)/C=C/[C@H](O)CC(=O)O1. The molecule has 0 bridgehead atoms. The molecule has 0 saturated carbocycles. The fourth-order valence-corrected chi connectivity index (χ4v) is 1.80. The molecule has 1 rings (SSSR count). The highest BCUT2D eigenvalue weighted by molar-refractivity contribution is 5.70. The molecule has 98 valence electrons. The second-order valence-electron chi connectivity index (χ2n) is 4.35. The minimum Gasteiger partial charge on any atom is -0.462 e. The average Bonchev–Trinajstić information content (AvgIpc) is 2.24. The summed E-state index contributed by atoms with van der Waals surface area (Å²) >= 11 is 0. The van der Waals surface area contributed by atoms with Gasteiger partial charge < -0.3 is 20.1 Å². The number of hydrogen-bond donors (Lipinski definition) is 3. The third kappa shape index (κ3) is 4.85. The molecule has 0 aromatic rings. The highest BCUT2D eigenvalue weighted by Gasteiger charge is 2.24. The Kier molecular flexibility index (Phi) is 5.61. The molecular weight excluding hydrogens is 224 g/mol. The van der Waals surface area contributed by atoms with Crippen molar-refractivity contribution in [3.05, 3.63) is 12.2 Å². The largest absolute Gasteiger partial charge is 0.462 e. The average molecular weight is 244 g/mol. The summed E-state index contributed by atoms with van der Waals surface area (Å²) in [5, 5.41) is 28.7. The molecule has 17 heavy (non-hydrogen) atoms. The van der Waals surface area contributed by atoms with Gasteiger partial charge in [0.1, 0.15) is 6.10 Å². The van der Waals surface area contributed by atoms with Crippen LogP contribution in [0.5, 0.6) is 0 Å². The maximum absolute atomic E-state index is 11.4. The molecule has 0 spiro atoms. The Balaban J connectivity index is 2.74. The molecule has 0 aliphatic carbocycles. The van der Waals surface area contributed by atoms with E-state index in [1.165, 1.54) is 12.2 Å². The highest BCUT2D eigenvalue weighted by atomic mass is 16.5. The zero-order chi connectivity index (χ0) is 12.8. The summed E-state index contributed by atoms with van der Waals surface area (Å²) in [4.78, 5) is 11.4. The van der Waals surface area contributed by atoms with Gasteiger partial charge in [-0.1, -0.05) is 25.5 Å². The standard InChI is InChI=1S/C12H20O5/c1-2-3-9-7-11(15)10(14)5-4-8(13)6-12(16)17-9/h4-5,8-11,13-15H,2-3,6-7H2,1H3/b5-4+/t8-,9+,10-,11-/m0/s1. The Morgan fingerprint density at radius 3 is 2.71 bits per heavy atom. The number of carbonyl (C=O) groups excluding carboxylic acids is 1. The number of aliphatic hydroxyl groups is 3. The van der Waals surface area contributed by atoms with Gasteiger partial charge in [-0.3, -0.25) is 4.79 Å².